The fourth-order valence-corrected chi connectivity index (χ4v) is 1.19. The highest BCUT2D eigenvalue weighted by Crippen LogP contribution is 2.12. The summed E-state index contributed by atoms with van der Waals surface area (Å²) in [6.07, 6.45) is 2.49. The molecule has 0 aromatic carbocycles. The molecule has 1 unspecified atom stereocenters. The number of hydrazine groups is 1. The van der Waals surface area contributed by atoms with E-state index in [1.165, 1.54) is 0 Å². The summed E-state index contributed by atoms with van der Waals surface area (Å²) in [6.45, 7) is 0. The average molecular weight is 173 g/mol. The van der Waals surface area contributed by atoms with Crippen LogP contribution in [0.1, 0.15) is 19.3 Å². The van der Waals surface area contributed by atoms with Crippen LogP contribution >= 0.6 is 12.2 Å². The van der Waals surface area contributed by atoms with Gasteiger partial charge in [0.2, 0.25) is 0 Å². The van der Waals surface area contributed by atoms with Gasteiger partial charge in [-0.05, 0) is 25.1 Å². The van der Waals surface area contributed by atoms with Crippen molar-refractivity contribution >= 4 is 23.1 Å². The second kappa shape index (κ2) is 3.64. The number of hydrogen-bond donors (Lipinski definition) is 3. The molecule has 4 nitrogen and oxygen atoms in total. The number of nitrogens with one attached hydrogen (secondary N) is 2. The molecule has 0 spiro atoms. The van der Waals surface area contributed by atoms with Crippen molar-refractivity contribution in [2.75, 3.05) is 0 Å². The highest BCUT2D eigenvalue weighted by Gasteiger charge is 2.23. The Balaban J connectivity index is 2.26. The molecule has 1 saturated carbocycles. The number of thiocarbonyl (C=S) groups is 1. The van der Waals surface area contributed by atoms with Crippen molar-refractivity contribution in [3.8, 4) is 0 Å². The molecule has 0 bridgehead atoms. The molecule has 1 atom stereocenters. The Labute approximate surface area is 70.5 Å². The molecule has 11 heavy (non-hydrogen) atoms. The molecule has 1 aliphatic carbocycles. The normalized spacial score (nSPS) is 23.6. The van der Waals surface area contributed by atoms with Gasteiger partial charge in [-0.15, -0.1) is 0 Å². The largest absolute Gasteiger partial charge is 0.375 e. The monoisotopic (exact) mass is 173 g/mol. The first-order valence-electron chi connectivity index (χ1n) is 3.54. The lowest BCUT2D eigenvalue weighted by Crippen LogP contribution is -2.48. The fraction of sp³-hybridized carbons (Fsp3) is 0.667. The third-order valence-electron chi connectivity index (χ3n) is 1.67. The average Bonchev–Trinajstić information content (AvgIpc) is 2.31. The van der Waals surface area contributed by atoms with Crippen LogP contribution in [0.5, 0.6) is 0 Å². The van der Waals surface area contributed by atoms with E-state index < -0.39 is 0 Å². The molecule has 0 heterocycles. The Morgan fingerprint density at radius 3 is 2.91 bits per heavy atom. The van der Waals surface area contributed by atoms with Crippen LogP contribution < -0.4 is 16.6 Å². The predicted molar refractivity (Wildman–Crippen MR) is 45.7 cm³/mol. The highest BCUT2D eigenvalue weighted by molar-refractivity contribution is 7.80. The van der Waals surface area contributed by atoms with Crippen molar-refractivity contribution in [1.82, 2.24) is 10.9 Å². The summed E-state index contributed by atoms with van der Waals surface area (Å²) in [5, 5.41) is 0.171. The zero-order valence-corrected chi connectivity index (χ0v) is 6.91. The molecule has 62 valence electrons. The van der Waals surface area contributed by atoms with Crippen molar-refractivity contribution in [3.63, 3.8) is 0 Å². The van der Waals surface area contributed by atoms with Gasteiger partial charge in [-0.25, -0.2) is 5.43 Å². The molecular formula is C6H11N3OS. The Morgan fingerprint density at radius 1 is 1.73 bits per heavy atom. The van der Waals surface area contributed by atoms with Crippen molar-refractivity contribution < 1.29 is 4.79 Å². The van der Waals surface area contributed by atoms with Crippen LogP contribution in [0.4, 0.5) is 0 Å². The number of ketones is 1. The summed E-state index contributed by atoms with van der Waals surface area (Å²) in [5.41, 5.74) is 10.5. The first kappa shape index (κ1) is 8.42. The van der Waals surface area contributed by atoms with Gasteiger partial charge in [0.05, 0.1) is 6.04 Å². The van der Waals surface area contributed by atoms with E-state index in [1.807, 2.05) is 0 Å². The van der Waals surface area contributed by atoms with Crippen molar-refractivity contribution in [2.24, 2.45) is 5.73 Å². The number of hydrogen-bond acceptors (Lipinski definition) is 3. The lowest BCUT2D eigenvalue weighted by atomic mass is 10.2. The molecule has 1 aliphatic rings. The third-order valence-corrected chi connectivity index (χ3v) is 1.78. The maximum Gasteiger partial charge on any atom is 0.178 e. The zero-order valence-electron chi connectivity index (χ0n) is 6.09. The maximum atomic E-state index is 11.0. The van der Waals surface area contributed by atoms with Gasteiger partial charge in [-0.2, -0.15) is 0 Å². The molecule has 1 fully saturated rings. The van der Waals surface area contributed by atoms with Crippen LogP contribution in [0.2, 0.25) is 0 Å². The smallest absolute Gasteiger partial charge is 0.178 e. The van der Waals surface area contributed by atoms with E-state index in [4.69, 9.17) is 5.73 Å². The zero-order chi connectivity index (χ0) is 8.27. The van der Waals surface area contributed by atoms with Crippen LogP contribution in [-0.2, 0) is 4.79 Å². The summed E-state index contributed by atoms with van der Waals surface area (Å²) in [4.78, 5) is 11.0. The molecule has 0 aliphatic heterocycles. The summed E-state index contributed by atoms with van der Waals surface area (Å²) in [7, 11) is 0. The van der Waals surface area contributed by atoms with E-state index in [0.29, 0.717) is 6.42 Å². The molecule has 0 amide bonds. The minimum absolute atomic E-state index is 0.100. The van der Waals surface area contributed by atoms with Crippen molar-refractivity contribution in [3.05, 3.63) is 0 Å². The summed E-state index contributed by atoms with van der Waals surface area (Å²) in [5.74, 6) is 0.230. The second-order valence-corrected chi connectivity index (χ2v) is 2.98. The first-order chi connectivity index (χ1) is 5.20. The van der Waals surface area contributed by atoms with Crippen LogP contribution in [0, 0.1) is 0 Å². The number of Topliss-reactive ketones (excluding diaryl/α,β-unsaturated/α-hetero) is 1. The number of rotatable bonds is 2. The summed E-state index contributed by atoms with van der Waals surface area (Å²) in [6, 6.07) is -0.100. The van der Waals surface area contributed by atoms with Gasteiger partial charge in [0.15, 0.2) is 10.9 Å². The lowest BCUT2D eigenvalue weighted by molar-refractivity contribution is -0.119. The molecule has 0 radical (unpaired) electrons. The minimum Gasteiger partial charge on any atom is -0.375 e. The van der Waals surface area contributed by atoms with E-state index in [1.54, 1.807) is 0 Å². The Morgan fingerprint density at radius 2 is 2.45 bits per heavy atom. The van der Waals surface area contributed by atoms with Crippen LogP contribution in [0.3, 0.4) is 0 Å². The maximum absolute atomic E-state index is 11.0. The standard InChI is InChI=1S/C6H11N3OS/c7-6(11)9-8-4-2-1-3-5(4)10/h4,8H,1-3H2,(H3,7,9,11). The van der Waals surface area contributed by atoms with Crippen LogP contribution in [-0.4, -0.2) is 16.9 Å². The van der Waals surface area contributed by atoms with Crippen LogP contribution in [0.25, 0.3) is 0 Å². The van der Waals surface area contributed by atoms with Gasteiger partial charge in [-0.1, -0.05) is 0 Å². The van der Waals surface area contributed by atoms with Crippen LogP contribution in [0.15, 0.2) is 0 Å². The van der Waals surface area contributed by atoms with E-state index in [2.05, 4.69) is 23.1 Å². The topological polar surface area (TPSA) is 67.2 Å². The quantitative estimate of drug-likeness (QED) is 0.386. The van der Waals surface area contributed by atoms with Gasteiger partial charge in [0.1, 0.15) is 0 Å². The number of carbonyl (C=O) groups is 1. The number of carbonyl (C=O) groups excluding carboxylic acids is 1. The molecular weight excluding hydrogens is 162 g/mol. The summed E-state index contributed by atoms with van der Waals surface area (Å²) < 4.78 is 0. The predicted octanol–water partition coefficient (Wildman–Crippen LogP) is -0.554. The van der Waals surface area contributed by atoms with Crippen molar-refractivity contribution in [2.45, 2.75) is 25.3 Å². The van der Waals surface area contributed by atoms with Gasteiger partial charge >= 0.3 is 0 Å². The Hall–Kier alpha value is -0.680. The number of nitrogens with two attached hydrogens (primary N) is 1. The van der Waals surface area contributed by atoms with E-state index in [0.717, 1.165) is 12.8 Å². The van der Waals surface area contributed by atoms with Gasteiger partial charge in [0, 0.05) is 6.42 Å². The molecule has 1 rings (SSSR count). The van der Waals surface area contributed by atoms with Gasteiger partial charge in [-0.3, -0.25) is 10.2 Å². The molecule has 4 N–H and O–H groups in total. The third kappa shape index (κ3) is 2.44. The van der Waals surface area contributed by atoms with E-state index in [-0.39, 0.29) is 16.9 Å². The van der Waals surface area contributed by atoms with Crippen molar-refractivity contribution in [1.29, 1.82) is 0 Å². The molecule has 0 aromatic heterocycles. The summed E-state index contributed by atoms with van der Waals surface area (Å²) >= 11 is 4.56. The molecule has 0 aromatic rings. The van der Waals surface area contributed by atoms with E-state index >= 15 is 0 Å². The van der Waals surface area contributed by atoms with E-state index in [9.17, 15) is 4.79 Å². The Bertz CT molecular complexity index is 183. The SMILES string of the molecule is NC(=S)NNC1CCCC1=O. The Kier molecular flexibility index (Phi) is 2.78. The van der Waals surface area contributed by atoms with Gasteiger partial charge in [0.25, 0.3) is 0 Å². The highest BCUT2D eigenvalue weighted by atomic mass is 32.1. The first-order valence-corrected chi connectivity index (χ1v) is 3.94. The fourth-order valence-electron chi connectivity index (χ4n) is 1.13. The molecule has 5 heteroatoms. The lowest BCUT2D eigenvalue weighted by Gasteiger charge is -2.10. The van der Waals surface area contributed by atoms with Gasteiger partial charge < -0.3 is 5.73 Å². The molecule has 0 saturated heterocycles. The second-order valence-electron chi connectivity index (χ2n) is 2.54. The minimum atomic E-state index is -0.100.